The number of aromatic nitrogens is 2. The summed E-state index contributed by atoms with van der Waals surface area (Å²) in [5.41, 5.74) is 5.65. The monoisotopic (exact) mass is 178 g/mol. The number of anilines is 2. The van der Waals surface area contributed by atoms with Crippen LogP contribution in [-0.4, -0.2) is 16.0 Å². The van der Waals surface area contributed by atoms with Crippen molar-refractivity contribution in [2.45, 2.75) is 25.8 Å². The smallest absolute Gasteiger partial charge is 0.169 e. The summed E-state index contributed by atoms with van der Waals surface area (Å²) >= 11 is 0. The zero-order valence-electron chi connectivity index (χ0n) is 7.70. The highest BCUT2D eigenvalue weighted by Gasteiger charge is 2.25. The Bertz CT molecular complexity index is 293. The summed E-state index contributed by atoms with van der Waals surface area (Å²) in [6, 6.07) is 0.536. The van der Waals surface area contributed by atoms with E-state index in [1.807, 2.05) is 0 Å². The topological polar surface area (TPSA) is 63.8 Å². The molecule has 0 aromatic carbocycles. The second kappa shape index (κ2) is 3.20. The molecule has 3 N–H and O–H groups in total. The van der Waals surface area contributed by atoms with E-state index in [0.717, 1.165) is 11.7 Å². The van der Waals surface area contributed by atoms with Crippen LogP contribution in [0.25, 0.3) is 0 Å². The van der Waals surface area contributed by atoms with Crippen molar-refractivity contribution in [2.75, 3.05) is 11.1 Å². The molecule has 1 fully saturated rings. The number of hydrogen-bond donors (Lipinski definition) is 2. The Morgan fingerprint density at radius 2 is 2.08 bits per heavy atom. The van der Waals surface area contributed by atoms with Gasteiger partial charge in [-0.15, -0.1) is 0 Å². The summed E-state index contributed by atoms with van der Waals surface area (Å²) in [5.74, 6) is 2.04. The lowest BCUT2D eigenvalue weighted by atomic mass is 9.82. The fourth-order valence-electron chi connectivity index (χ4n) is 1.67. The summed E-state index contributed by atoms with van der Waals surface area (Å²) in [6.45, 7) is 2.25. The molecule has 1 aromatic heterocycles. The Kier molecular flexibility index (Phi) is 2.04. The zero-order valence-corrected chi connectivity index (χ0v) is 7.70. The predicted molar refractivity (Wildman–Crippen MR) is 52.3 cm³/mol. The second-order valence-electron chi connectivity index (χ2n) is 3.71. The van der Waals surface area contributed by atoms with Crippen LogP contribution in [0.4, 0.5) is 11.6 Å². The van der Waals surface area contributed by atoms with Crippen LogP contribution in [0.3, 0.4) is 0 Å². The van der Waals surface area contributed by atoms with E-state index in [9.17, 15) is 0 Å². The molecule has 4 nitrogen and oxygen atoms in total. The van der Waals surface area contributed by atoms with Crippen molar-refractivity contribution in [3.63, 3.8) is 0 Å². The van der Waals surface area contributed by atoms with E-state index in [-0.39, 0.29) is 0 Å². The van der Waals surface area contributed by atoms with Gasteiger partial charge in [-0.1, -0.05) is 6.92 Å². The molecule has 13 heavy (non-hydrogen) atoms. The first-order valence-corrected chi connectivity index (χ1v) is 4.58. The molecule has 0 spiro atoms. The van der Waals surface area contributed by atoms with Gasteiger partial charge in [-0.3, -0.25) is 0 Å². The summed E-state index contributed by atoms with van der Waals surface area (Å²) in [4.78, 5) is 8.09. The van der Waals surface area contributed by atoms with Crippen LogP contribution in [-0.2, 0) is 0 Å². The Morgan fingerprint density at radius 1 is 1.38 bits per heavy atom. The SMILES string of the molecule is CC1CC(Nc2nccnc2N)C1. The van der Waals surface area contributed by atoms with Gasteiger partial charge in [0, 0.05) is 18.4 Å². The molecule has 0 saturated heterocycles. The van der Waals surface area contributed by atoms with Crippen molar-refractivity contribution in [3.05, 3.63) is 12.4 Å². The van der Waals surface area contributed by atoms with Crippen molar-refractivity contribution in [1.82, 2.24) is 9.97 Å². The third kappa shape index (κ3) is 1.71. The first kappa shape index (κ1) is 8.29. The average molecular weight is 178 g/mol. The molecule has 1 heterocycles. The predicted octanol–water partition coefficient (Wildman–Crippen LogP) is 1.27. The molecule has 0 atom stereocenters. The van der Waals surface area contributed by atoms with Crippen LogP contribution in [0.5, 0.6) is 0 Å². The molecule has 0 amide bonds. The zero-order chi connectivity index (χ0) is 9.26. The van der Waals surface area contributed by atoms with Crippen LogP contribution in [0.2, 0.25) is 0 Å². The maximum absolute atomic E-state index is 5.65. The normalized spacial score (nSPS) is 26.5. The number of nitrogen functional groups attached to an aromatic ring is 1. The molecule has 1 aromatic rings. The number of nitrogens with zero attached hydrogens (tertiary/aromatic N) is 2. The molecule has 0 radical (unpaired) electrons. The first-order valence-electron chi connectivity index (χ1n) is 4.58. The molecule has 0 bridgehead atoms. The van der Waals surface area contributed by atoms with Gasteiger partial charge in [0.15, 0.2) is 11.6 Å². The summed E-state index contributed by atoms with van der Waals surface area (Å²) in [7, 11) is 0. The fourth-order valence-corrected chi connectivity index (χ4v) is 1.67. The standard InChI is InChI=1S/C9H14N4/c1-6-4-7(5-6)13-9-8(10)11-2-3-12-9/h2-3,6-7H,4-5H2,1H3,(H2,10,11)(H,12,13). The van der Waals surface area contributed by atoms with Gasteiger partial charge in [0.1, 0.15) is 0 Å². The van der Waals surface area contributed by atoms with Crippen LogP contribution >= 0.6 is 0 Å². The minimum absolute atomic E-state index is 0.488. The minimum Gasteiger partial charge on any atom is -0.381 e. The van der Waals surface area contributed by atoms with E-state index in [1.54, 1.807) is 12.4 Å². The van der Waals surface area contributed by atoms with Crippen molar-refractivity contribution in [1.29, 1.82) is 0 Å². The van der Waals surface area contributed by atoms with Gasteiger partial charge >= 0.3 is 0 Å². The van der Waals surface area contributed by atoms with Crippen molar-refractivity contribution >= 4 is 11.6 Å². The molecule has 1 aliphatic rings. The molecule has 70 valence electrons. The van der Waals surface area contributed by atoms with Crippen LogP contribution in [0, 0.1) is 5.92 Å². The van der Waals surface area contributed by atoms with E-state index in [2.05, 4.69) is 22.2 Å². The van der Waals surface area contributed by atoms with E-state index >= 15 is 0 Å². The average Bonchev–Trinajstić information content (AvgIpc) is 2.06. The Balaban J connectivity index is 1.98. The highest BCUT2D eigenvalue weighted by atomic mass is 15.1. The molecule has 2 rings (SSSR count). The van der Waals surface area contributed by atoms with Gasteiger partial charge < -0.3 is 11.1 Å². The highest BCUT2D eigenvalue weighted by molar-refractivity contribution is 5.55. The fraction of sp³-hybridized carbons (Fsp3) is 0.556. The van der Waals surface area contributed by atoms with E-state index in [4.69, 9.17) is 5.73 Å². The van der Waals surface area contributed by atoms with Gasteiger partial charge in [-0.05, 0) is 18.8 Å². The lowest BCUT2D eigenvalue weighted by molar-refractivity contribution is 0.308. The van der Waals surface area contributed by atoms with E-state index < -0.39 is 0 Å². The third-order valence-corrected chi connectivity index (χ3v) is 2.44. The molecule has 1 saturated carbocycles. The first-order chi connectivity index (χ1) is 6.25. The minimum atomic E-state index is 0.488. The van der Waals surface area contributed by atoms with Crippen LogP contribution in [0.1, 0.15) is 19.8 Å². The number of nitrogens with two attached hydrogens (primary N) is 1. The highest BCUT2D eigenvalue weighted by Crippen LogP contribution is 2.29. The summed E-state index contributed by atoms with van der Waals surface area (Å²) < 4.78 is 0. The molecular formula is C9H14N4. The van der Waals surface area contributed by atoms with Crippen LogP contribution < -0.4 is 11.1 Å². The Labute approximate surface area is 77.6 Å². The number of nitrogens with one attached hydrogen (secondary N) is 1. The summed E-state index contributed by atoms with van der Waals surface area (Å²) in [5, 5.41) is 3.28. The van der Waals surface area contributed by atoms with Gasteiger partial charge in [-0.2, -0.15) is 0 Å². The van der Waals surface area contributed by atoms with Gasteiger partial charge in [0.2, 0.25) is 0 Å². The summed E-state index contributed by atoms with van der Waals surface area (Å²) in [6.07, 6.45) is 5.66. The van der Waals surface area contributed by atoms with Gasteiger partial charge in [-0.25, -0.2) is 9.97 Å². The quantitative estimate of drug-likeness (QED) is 0.715. The van der Waals surface area contributed by atoms with Gasteiger partial charge in [0.25, 0.3) is 0 Å². The maximum atomic E-state index is 5.65. The second-order valence-corrected chi connectivity index (χ2v) is 3.71. The third-order valence-electron chi connectivity index (χ3n) is 2.44. The molecule has 0 aliphatic heterocycles. The molecular weight excluding hydrogens is 164 g/mol. The van der Waals surface area contributed by atoms with Crippen molar-refractivity contribution < 1.29 is 0 Å². The Morgan fingerprint density at radius 3 is 2.69 bits per heavy atom. The molecule has 4 heteroatoms. The lowest BCUT2D eigenvalue weighted by Gasteiger charge is -2.33. The Hall–Kier alpha value is -1.32. The maximum Gasteiger partial charge on any atom is 0.169 e. The number of hydrogen-bond acceptors (Lipinski definition) is 4. The number of rotatable bonds is 2. The van der Waals surface area contributed by atoms with Crippen LogP contribution in [0.15, 0.2) is 12.4 Å². The molecule has 1 aliphatic carbocycles. The van der Waals surface area contributed by atoms with Crippen molar-refractivity contribution in [2.24, 2.45) is 5.92 Å². The largest absolute Gasteiger partial charge is 0.381 e. The lowest BCUT2D eigenvalue weighted by Crippen LogP contribution is -2.34. The van der Waals surface area contributed by atoms with Gasteiger partial charge in [0.05, 0.1) is 0 Å². The van der Waals surface area contributed by atoms with Crippen molar-refractivity contribution in [3.8, 4) is 0 Å². The van der Waals surface area contributed by atoms with E-state index in [0.29, 0.717) is 11.9 Å². The molecule has 0 unspecified atom stereocenters. The van der Waals surface area contributed by atoms with E-state index in [1.165, 1.54) is 12.8 Å².